The minimum atomic E-state index is -0.323. The molecule has 0 radical (unpaired) electrons. The van der Waals surface area contributed by atoms with Crippen molar-refractivity contribution in [2.75, 3.05) is 5.32 Å². The van der Waals surface area contributed by atoms with Crippen molar-refractivity contribution in [3.8, 4) is 0 Å². The van der Waals surface area contributed by atoms with E-state index < -0.39 is 0 Å². The lowest BCUT2D eigenvalue weighted by Crippen LogP contribution is -2.14. The zero-order chi connectivity index (χ0) is 14.5. The number of hydrogen-bond acceptors (Lipinski definition) is 3. The van der Waals surface area contributed by atoms with Crippen LogP contribution in [0, 0.1) is 0 Å². The fourth-order valence-electron chi connectivity index (χ4n) is 1.78. The van der Waals surface area contributed by atoms with E-state index in [9.17, 15) is 4.79 Å². The molecular formula is C15H16ClN3O. The molecule has 1 unspecified atom stereocenters. The maximum absolute atomic E-state index is 12.0. The Morgan fingerprint density at radius 2 is 2.00 bits per heavy atom. The van der Waals surface area contributed by atoms with Gasteiger partial charge in [-0.3, -0.25) is 9.78 Å². The number of hydrogen-bond donors (Lipinski definition) is 1. The molecule has 1 amide bonds. The van der Waals surface area contributed by atoms with Crippen LogP contribution in [0.4, 0.5) is 5.69 Å². The number of aromatic nitrogens is 2. The third kappa shape index (κ3) is 3.54. The van der Waals surface area contributed by atoms with E-state index in [4.69, 9.17) is 11.6 Å². The van der Waals surface area contributed by atoms with Gasteiger partial charge in [0, 0.05) is 5.69 Å². The minimum absolute atomic E-state index is 0.198. The molecule has 0 aliphatic rings. The summed E-state index contributed by atoms with van der Waals surface area (Å²) < 4.78 is 0. The standard InChI is InChI=1S/C15H16ClN3O/c1-3-10(2)11-4-6-12(7-5-11)18-15(20)13-8-17-9-14(16)19-13/h4-10H,3H2,1-2H3,(H,18,20). The predicted molar refractivity (Wildman–Crippen MR) is 80.1 cm³/mol. The van der Waals surface area contributed by atoms with Crippen molar-refractivity contribution >= 4 is 23.2 Å². The van der Waals surface area contributed by atoms with Gasteiger partial charge in [-0.1, -0.05) is 37.6 Å². The minimum Gasteiger partial charge on any atom is -0.321 e. The monoisotopic (exact) mass is 289 g/mol. The van der Waals surface area contributed by atoms with Crippen molar-refractivity contribution in [1.29, 1.82) is 0 Å². The van der Waals surface area contributed by atoms with Crippen LogP contribution in [0.3, 0.4) is 0 Å². The van der Waals surface area contributed by atoms with Crippen LogP contribution in [0.5, 0.6) is 0 Å². The van der Waals surface area contributed by atoms with E-state index >= 15 is 0 Å². The average Bonchev–Trinajstić information content (AvgIpc) is 2.47. The Morgan fingerprint density at radius 3 is 2.60 bits per heavy atom. The number of anilines is 1. The van der Waals surface area contributed by atoms with E-state index in [1.807, 2.05) is 24.3 Å². The molecule has 1 aromatic carbocycles. The number of carbonyl (C=O) groups excluding carboxylic acids is 1. The van der Waals surface area contributed by atoms with Crippen molar-refractivity contribution < 1.29 is 4.79 Å². The fourth-order valence-corrected chi connectivity index (χ4v) is 1.92. The third-order valence-corrected chi connectivity index (χ3v) is 3.37. The summed E-state index contributed by atoms with van der Waals surface area (Å²) in [6.45, 7) is 4.33. The third-order valence-electron chi connectivity index (χ3n) is 3.19. The molecule has 1 aromatic heterocycles. The first-order valence-corrected chi connectivity index (χ1v) is 6.86. The second-order valence-corrected chi connectivity index (χ2v) is 5.00. The summed E-state index contributed by atoms with van der Waals surface area (Å²) in [5.74, 6) is 0.190. The highest BCUT2D eigenvalue weighted by molar-refractivity contribution is 6.29. The average molecular weight is 290 g/mol. The van der Waals surface area contributed by atoms with Gasteiger partial charge in [0.2, 0.25) is 0 Å². The van der Waals surface area contributed by atoms with Crippen LogP contribution in [-0.4, -0.2) is 15.9 Å². The van der Waals surface area contributed by atoms with Crippen molar-refractivity contribution in [1.82, 2.24) is 9.97 Å². The van der Waals surface area contributed by atoms with Crippen LogP contribution in [0.25, 0.3) is 0 Å². The number of benzene rings is 1. The Bertz CT molecular complexity index is 598. The maximum atomic E-state index is 12.0. The quantitative estimate of drug-likeness (QED) is 0.929. The number of rotatable bonds is 4. The van der Waals surface area contributed by atoms with Crippen molar-refractivity contribution in [3.05, 3.63) is 53.1 Å². The smallest absolute Gasteiger partial charge is 0.275 e. The van der Waals surface area contributed by atoms with Crippen LogP contribution in [0.15, 0.2) is 36.7 Å². The number of amides is 1. The summed E-state index contributed by atoms with van der Waals surface area (Å²) in [5.41, 5.74) is 2.18. The summed E-state index contributed by atoms with van der Waals surface area (Å²) in [7, 11) is 0. The Balaban J connectivity index is 2.08. The Morgan fingerprint density at radius 1 is 1.30 bits per heavy atom. The van der Waals surface area contributed by atoms with Crippen LogP contribution >= 0.6 is 11.6 Å². The van der Waals surface area contributed by atoms with E-state index in [2.05, 4.69) is 29.1 Å². The normalized spacial score (nSPS) is 11.9. The topological polar surface area (TPSA) is 54.9 Å². The van der Waals surface area contributed by atoms with Crippen molar-refractivity contribution in [3.63, 3.8) is 0 Å². The maximum Gasteiger partial charge on any atom is 0.275 e. The fraction of sp³-hybridized carbons (Fsp3) is 0.267. The summed E-state index contributed by atoms with van der Waals surface area (Å²) in [4.78, 5) is 19.7. The van der Waals surface area contributed by atoms with Gasteiger partial charge in [0.1, 0.15) is 10.8 Å². The van der Waals surface area contributed by atoms with Crippen LogP contribution < -0.4 is 5.32 Å². The Kier molecular flexibility index (Phi) is 4.69. The van der Waals surface area contributed by atoms with Crippen molar-refractivity contribution in [2.45, 2.75) is 26.2 Å². The molecule has 0 fully saturated rings. The summed E-state index contributed by atoms with van der Waals surface area (Å²) in [6, 6.07) is 7.82. The molecule has 20 heavy (non-hydrogen) atoms. The molecule has 2 aromatic rings. The van der Waals surface area contributed by atoms with Crippen LogP contribution in [0.2, 0.25) is 5.15 Å². The lowest BCUT2D eigenvalue weighted by Gasteiger charge is -2.10. The summed E-state index contributed by atoms with van der Waals surface area (Å²) >= 11 is 5.71. The Labute approximate surface area is 123 Å². The van der Waals surface area contributed by atoms with Gasteiger partial charge in [-0.15, -0.1) is 0 Å². The molecule has 0 saturated heterocycles. The molecule has 0 aliphatic carbocycles. The number of nitrogens with zero attached hydrogens (tertiary/aromatic N) is 2. The second kappa shape index (κ2) is 6.48. The number of nitrogens with one attached hydrogen (secondary N) is 1. The molecule has 1 heterocycles. The zero-order valence-corrected chi connectivity index (χ0v) is 12.2. The molecule has 104 valence electrons. The van der Waals surface area contributed by atoms with E-state index in [-0.39, 0.29) is 16.8 Å². The number of halogens is 1. The molecule has 1 N–H and O–H groups in total. The first-order chi connectivity index (χ1) is 9.60. The highest BCUT2D eigenvalue weighted by Gasteiger charge is 2.09. The summed E-state index contributed by atoms with van der Waals surface area (Å²) in [6.07, 6.45) is 3.86. The molecular weight excluding hydrogens is 274 g/mol. The molecule has 1 atom stereocenters. The Hall–Kier alpha value is -1.94. The van der Waals surface area contributed by atoms with E-state index in [1.54, 1.807) is 0 Å². The molecule has 5 heteroatoms. The van der Waals surface area contributed by atoms with Gasteiger partial charge in [-0.05, 0) is 30.0 Å². The summed E-state index contributed by atoms with van der Waals surface area (Å²) in [5, 5.41) is 2.97. The number of carbonyl (C=O) groups is 1. The van der Waals surface area contributed by atoms with Gasteiger partial charge < -0.3 is 5.32 Å². The van der Waals surface area contributed by atoms with Crippen molar-refractivity contribution in [2.24, 2.45) is 0 Å². The van der Waals surface area contributed by atoms with E-state index in [1.165, 1.54) is 18.0 Å². The lowest BCUT2D eigenvalue weighted by molar-refractivity contribution is 0.102. The van der Waals surface area contributed by atoms with Gasteiger partial charge in [0.25, 0.3) is 5.91 Å². The SMILES string of the molecule is CCC(C)c1ccc(NC(=O)c2cncc(Cl)n2)cc1. The van der Waals surface area contributed by atoms with Gasteiger partial charge in [-0.2, -0.15) is 0 Å². The zero-order valence-electron chi connectivity index (χ0n) is 11.4. The van der Waals surface area contributed by atoms with Gasteiger partial charge in [-0.25, -0.2) is 4.98 Å². The van der Waals surface area contributed by atoms with E-state index in [0.717, 1.165) is 12.1 Å². The van der Waals surface area contributed by atoms with E-state index in [0.29, 0.717) is 5.92 Å². The highest BCUT2D eigenvalue weighted by atomic mass is 35.5. The highest BCUT2D eigenvalue weighted by Crippen LogP contribution is 2.20. The molecule has 0 saturated carbocycles. The van der Waals surface area contributed by atoms with Gasteiger partial charge >= 0.3 is 0 Å². The van der Waals surface area contributed by atoms with Gasteiger partial charge in [0.15, 0.2) is 0 Å². The second-order valence-electron chi connectivity index (χ2n) is 4.61. The molecule has 0 bridgehead atoms. The molecule has 0 spiro atoms. The molecule has 2 rings (SSSR count). The molecule has 4 nitrogen and oxygen atoms in total. The molecule has 0 aliphatic heterocycles. The first-order valence-electron chi connectivity index (χ1n) is 6.49. The largest absolute Gasteiger partial charge is 0.321 e. The van der Waals surface area contributed by atoms with Crippen LogP contribution in [0.1, 0.15) is 42.2 Å². The van der Waals surface area contributed by atoms with Gasteiger partial charge in [0.05, 0.1) is 12.4 Å². The predicted octanol–water partition coefficient (Wildman–Crippen LogP) is 3.90. The lowest BCUT2D eigenvalue weighted by atomic mass is 9.99. The first kappa shape index (κ1) is 14.5. The van der Waals surface area contributed by atoms with Crippen LogP contribution in [-0.2, 0) is 0 Å².